The Morgan fingerprint density at radius 3 is 2.59 bits per heavy atom. The maximum Gasteiger partial charge on any atom is 0.271 e. The number of amides is 2. The van der Waals surface area contributed by atoms with Crippen LogP contribution in [0.4, 0.5) is 0 Å². The molecule has 1 aliphatic heterocycles. The van der Waals surface area contributed by atoms with Crippen LogP contribution in [0.3, 0.4) is 0 Å². The fourth-order valence-corrected chi connectivity index (χ4v) is 5.64. The number of fused-ring (bicyclic) bond motifs is 3. The molecule has 0 radical (unpaired) electrons. The molecule has 1 aliphatic carbocycles. The molecule has 180 valence electrons. The molecule has 1 aromatic carbocycles. The van der Waals surface area contributed by atoms with Crippen molar-refractivity contribution in [1.29, 1.82) is 0 Å². The molecule has 7 heteroatoms. The lowest BCUT2D eigenvalue weighted by Gasteiger charge is -2.44. The zero-order valence-corrected chi connectivity index (χ0v) is 20.7. The number of rotatable bonds is 4. The van der Waals surface area contributed by atoms with Gasteiger partial charge in [0.15, 0.2) is 5.58 Å². The Hall–Kier alpha value is -2.73. The first-order valence-corrected chi connectivity index (χ1v) is 12.7. The summed E-state index contributed by atoms with van der Waals surface area (Å²) in [5, 5.41) is 3.91. The maximum atomic E-state index is 13.9. The van der Waals surface area contributed by atoms with Gasteiger partial charge in [-0.25, -0.2) is 0 Å². The predicted octanol–water partition coefficient (Wildman–Crippen LogP) is 5.84. The molecule has 1 fully saturated rings. The Bertz CT molecular complexity index is 1220. The topological polar surface area (TPSA) is 67.5 Å². The summed E-state index contributed by atoms with van der Waals surface area (Å²) >= 11 is 6.46. The summed E-state index contributed by atoms with van der Waals surface area (Å²) in [6.07, 6.45) is 7.92. The van der Waals surface area contributed by atoms with Crippen molar-refractivity contribution in [3.8, 4) is 0 Å². The van der Waals surface area contributed by atoms with Crippen molar-refractivity contribution < 1.29 is 14.0 Å². The lowest BCUT2D eigenvalue weighted by molar-refractivity contribution is -0.134. The second-order valence-corrected chi connectivity index (χ2v) is 10.4. The van der Waals surface area contributed by atoms with Gasteiger partial charge in [0.05, 0.1) is 12.1 Å². The van der Waals surface area contributed by atoms with Crippen molar-refractivity contribution in [1.82, 2.24) is 14.8 Å². The molecule has 3 heterocycles. The number of nitrogens with zero attached hydrogens (tertiary/aromatic N) is 2. The molecular formula is C27H32ClN3O3. The lowest BCUT2D eigenvalue weighted by atomic mass is 9.91. The molecule has 1 saturated carbocycles. The van der Waals surface area contributed by atoms with Gasteiger partial charge in [-0.1, -0.05) is 61.9 Å². The minimum Gasteiger partial charge on any atom is -0.460 e. The molecule has 2 amide bonds. The van der Waals surface area contributed by atoms with Crippen LogP contribution in [0.15, 0.2) is 40.8 Å². The molecule has 6 nitrogen and oxygen atoms in total. The van der Waals surface area contributed by atoms with Crippen LogP contribution in [-0.4, -0.2) is 32.9 Å². The lowest BCUT2D eigenvalue weighted by Crippen LogP contribution is -2.64. The van der Waals surface area contributed by atoms with E-state index in [-0.39, 0.29) is 24.4 Å². The number of halogens is 1. The molecule has 5 rings (SSSR count). The number of carbonyl (C=O) groups excluding carboxylic acids is 2. The average molecular weight is 482 g/mol. The van der Waals surface area contributed by atoms with Crippen LogP contribution in [0.2, 0.25) is 5.02 Å². The van der Waals surface area contributed by atoms with Crippen LogP contribution in [-0.2, 0) is 17.9 Å². The normalized spacial score (nSPS) is 21.9. The molecule has 2 aromatic heterocycles. The van der Waals surface area contributed by atoms with Gasteiger partial charge in [-0.2, -0.15) is 0 Å². The summed E-state index contributed by atoms with van der Waals surface area (Å²) in [6, 6.07) is 11.4. The summed E-state index contributed by atoms with van der Waals surface area (Å²) in [5.74, 6) is 0.489. The summed E-state index contributed by atoms with van der Waals surface area (Å²) in [6.45, 7) is 4.39. The third-order valence-corrected chi connectivity index (χ3v) is 7.82. The average Bonchev–Trinajstić information content (AvgIpc) is 3.30. The van der Waals surface area contributed by atoms with Gasteiger partial charge in [0.25, 0.3) is 5.91 Å². The monoisotopic (exact) mass is 481 g/mol. The number of hydrogen-bond acceptors (Lipinski definition) is 3. The van der Waals surface area contributed by atoms with Crippen molar-refractivity contribution in [2.75, 3.05) is 0 Å². The van der Waals surface area contributed by atoms with Crippen molar-refractivity contribution in [2.45, 2.75) is 83.5 Å². The molecule has 3 aromatic rings. The minimum absolute atomic E-state index is 0.105. The van der Waals surface area contributed by atoms with Crippen LogP contribution >= 0.6 is 11.6 Å². The smallest absolute Gasteiger partial charge is 0.271 e. The highest BCUT2D eigenvalue weighted by molar-refractivity contribution is 6.31. The molecular weight excluding hydrogens is 450 g/mol. The first-order valence-electron chi connectivity index (χ1n) is 12.3. The summed E-state index contributed by atoms with van der Waals surface area (Å²) in [7, 11) is 0. The SMILES string of the molecule is Cc1cc2c(cc3n2C[C@](C)(C(=O)NC2CCCCCCC2)N(Cc2ccccc2Cl)C3=O)o1. The van der Waals surface area contributed by atoms with Gasteiger partial charge in [0.2, 0.25) is 5.91 Å². The zero-order chi connectivity index (χ0) is 23.9. The van der Waals surface area contributed by atoms with Crippen molar-refractivity contribution >= 4 is 34.5 Å². The number of furan rings is 1. The van der Waals surface area contributed by atoms with Crippen molar-refractivity contribution in [3.63, 3.8) is 0 Å². The molecule has 1 N–H and O–H groups in total. The van der Waals surface area contributed by atoms with E-state index in [9.17, 15) is 9.59 Å². The van der Waals surface area contributed by atoms with E-state index in [0.29, 0.717) is 22.8 Å². The number of hydrogen-bond donors (Lipinski definition) is 1. The Morgan fingerprint density at radius 1 is 1.15 bits per heavy atom. The van der Waals surface area contributed by atoms with E-state index in [0.717, 1.165) is 42.5 Å². The Morgan fingerprint density at radius 2 is 1.85 bits per heavy atom. The number of carbonyl (C=O) groups is 2. The Balaban J connectivity index is 1.52. The van der Waals surface area contributed by atoms with Gasteiger partial charge in [-0.3, -0.25) is 9.59 Å². The first-order chi connectivity index (χ1) is 16.4. The fourth-order valence-electron chi connectivity index (χ4n) is 5.45. The van der Waals surface area contributed by atoms with Gasteiger partial charge in [0, 0.05) is 29.7 Å². The molecule has 0 saturated heterocycles. The van der Waals surface area contributed by atoms with E-state index in [1.165, 1.54) is 19.3 Å². The van der Waals surface area contributed by atoms with Crippen molar-refractivity contribution in [2.24, 2.45) is 0 Å². The number of benzene rings is 1. The van der Waals surface area contributed by atoms with E-state index >= 15 is 0 Å². The quantitative estimate of drug-likeness (QED) is 0.509. The van der Waals surface area contributed by atoms with Crippen LogP contribution < -0.4 is 5.32 Å². The maximum absolute atomic E-state index is 13.9. The molecule has 0 bridgehead atoms. The molecule has 0 unspecified atom stereocenters. The molecule has 2 aliphatic rings. The highest BCUT2D eigenvalue weighted by Gasteiger charge is 2.48. The van der Waals surface area contributed by atoms with Crippen LogP contribution in [0.25, 0.3) is 11.1 Å². The van der Waals surface area contributed by atoms with E-state index in [1.807, 2.05) is 48.7 Å². The molecule has 34 heavy (non-hydrogen) atoms. The van der Waals surface area contributed by atoms with Gasteiger partial charge < -0.3 is 19.2 Å². The minimum atomic E-state index is -1.07. The van der Waals surface area contributed by atoms with E-state index in [4.69, 9.17) is 16.0 Å². The first kappa shape index (κ1) is 23.0. The van der Waals surface area contributed by atoms with Gasteiger partial charge >= 0.3 is 0 Å². The van der Waals surface area contributed by atoms with E-state index in [1.54, 1.807) is 11.0 Å². The highest BCUT2D eigenvalue weighted by atomic mass is 35.5. The second-order valence-electron chi connectivity index (χ2n) is 9.99. The van der Waals surface area contributed by atoms with Crippen LogP contribution in [0, 0.1) is 6.92 Å². The van der Waals surface area contributed by atoms with Crippen LogP contribution in [0.1, 0.15) is 73.7 Å². The summed E-state index contributed by atoms with van der Waals surface area (Å²) in [5.41, 5.74) is 1.81. The Kier molecular flexibility index (Phi) is 6.19. The number of aryl methyl sites for hydroxylation is 1. The second kappa shape index (κ2) is 9.14. The van der Waals surface area contributed by atoms with Crippen LogP contribution in [0.5, 0.6) is 0 Å². The van der Waals surface area contributed by atoms with E-state index in [2.05, 4.69) is 5.32 Å². The van der Waals surface area contributed by atoms with E-state index < -0.39 is 5.54 Å². The summed E-state index contributed by atoms with van der Waals surface area (Å²) in [4.78, 5) is 29.4. The number of aromatic nitrogens is 1. The fraction of sp³-hybridized carbons (Fsp3) is 0.481. The molecule has 0 spiro atoms. The standard InChI is InChI=1S/C27H32ClN3O3/c1-18-14-22-24(34-18)15-23-25(32)31(16-19-10-8-9-13-21(19)28)27(2,17-30(22)23)26(33)29-20-11-6-4-3-5-7-12-20/h8-10,13-15,20H,3-7,11-12,16-17H2,1-2H3,(H,29,33)/t27-/m1/s1. The van der Waals surface area contributed by atoms with Gasteiger partial charge in [-0.15, -0.1) is 0 Å². The highest BCUT2D eigenvalue weighted by Crippen LogP contribution is 2.35. The third kappa shape index (κ3) is 4.13. The van der Waals surface area contributed by atoms with Gasteiger partial charge in [-0.05, 0) is 38.3 Å². The number of nitrogens with one attached hydrogen (secondary N) is 1. The Labute approximate surface area is 205 Å². The predicted molar refractivity (Wildman–Crippen MR) is 133 cm³/mol. The molecule has 1 atom stereocenters. The van der Waals surface area contributed by atoms with Gasteiger partial charge in [0.1, 0.15) is 17.0 Å². The largest absolute Gasteiger partial charge is 0.460 e. The summed E-state index contributed by atoms with van der Waals surface area (Å²) < 4.78 is 7.74. The zero-order valence-electron chi connectivity index (χ0n) is 19.9. The third-order valence-electron chi connectivity index (χ3n) is 7.45. The van der Waals surface area contributed by atoms with Crippen molar-refractivity contribution in [3.05, 3.63) is 58.4 Å².